The van der Waals surface area contributed by atoms with Gasteiger partial charge in [-0.15, -0.1) is 5.10 Å². The largest absolute Gasteiger partial charge is 0.328 e. The number of allylic oxidation sites excluding steroid dienone is 1. The molecule has 0 aliphatic carbocycles. The molecule has 1 unspecified atom stereocenters. The Labute approximate surface area is 207 Å². The molecule has 4 aromatic rings. The lowest BCUT2D eigenvalue weighted by Gasteiger charge is -2.29. The van der Waals surface area contributed by atoms with Crippen molar-refractivity contribution in [2.75, 3.05) is 10.6 Å². The third-order valence-electron chi connectivity index (χ3n) is 5.79. The predicted molar refractivity (Wildman–Crippen MR) is 136 cm³/mol. The van der Waals surface area contributed by atoms with E-state index in [0.717, 1.165) is 11.1 Å². The number of aryl methyl sites for hydroxylation is 1. The molecule has 0 radical (unpaired) electrons. The fourth-order valence-corrected chi connectivity index (χ4v) is 4.53. The molecule has 1 aromatic heterocycles. The van der Waals surface area contributed by atoms with Crippen molar-refractivity contribution in [1.29, 1.82) is 0 Å². The molecule has 0 fully saturated rings. The summed E-state index contributed by atoms with van der Waals surface area (Å²) in [6.45, 7) is 3.85. The number of para-hydroxylation sites is 1. The summed E-state index contributed by atoms with van der Waals surface area (Å²) in [5.74, 6) is 0.810. The molecule has 2 heterocycles. The number of hydrogen-bond acceptors (Lipinski definition) is 4. The van der Waals surface area contributed by atoms with Crippen LogP contribution in [0, 0.1) is 6.92 Å². The van der Waals surface area contributed by atoms with Gasteiger partial charge in [0.05, 0.1) is 15.6 Å². The second kappa shape index (κ2) is 8.97. The molecule has 1 atom stereocenters. The first-order valence-corrected chi connectivity index (χ1v) is 11.5. The summed E-state index contributed by atoms with van der Waals surface area (Å²) in [7, 11) is 0. The van der Waals surface area contributed by atoms with E-state index in [1.807, 2.05) is 80.6 Å². The van der Waals surface area contributed by atoms with Crippen LogP contribution in [0.3, 0.4) is 0 Å². The van der Waals surface area contributed by atoms with Gasteiger partial charge in [0.1, 0.15) is 6.04 Å². The molecule has 5 rings (SSSR count). The van der Waals surface area contributed by atoms with Gasteiger partial charge in [-0.1, -0.05) is 77.8 Å². The van der Waals surface area contributed by atoms with Crippen molar-refractivity contribution in [3.63, 3.8) is 0 Å². The van der Waals surface area contributed by atoms with E-state index in [4.69, 9.17) is 33.3 Å². The van der Waals surface area contributed by atoms with E-state index in [1.165, 1.54) is 0 Å². The third kappa shape index (κ3) is 3.95. The Morgan fingerprint density at radius 1 is 0.971 bits per heavy atom. The maximum absolute atomic E-state index is 13.6. The van der Waals surface area contributed by atoms with Crippen LogP contribution in [-0.2, 0) is 4.79 Å². The van der Waals surface area contributed by atoms with Crippen molar-refractivity contribution >= 4 is 40.7 Å². The lowest BCUT2D eigenvalue weighted by molar-refractivity contribution is -0.113. The number of fused-ring (bicyclic) bond motifs is 1. The van der Waals surface area contributed by atoms with Crippen LogP contribution in [0.5, 0.6) is 0 Å². The molecule has 170 valence electrons. The summed E-state index contributed by atoms with van der Waals surface area (Å²) in [5, 5.41) is 11.8. The molecule has 8 heteroatoms. The van der Waals surface area contributed by atoms with Gasteiger partial charge in [-0.25, -0.2) is 4.68 Å². The van der Waals surface area contributed by atoms with Crippen LogP contribution in [0.1, 0.15) is 24.1 Å². The van der Waals surface area contributed by atoms with Crippen LogP contribution < -0.4 is 10.6 Å². The Morgan fingerprint density at radius 3 is 2.47 bits per heavy atom. The van der Waals surface area contributed by atoms with Crippen LogP contribution >= 0.6 is 23.2 Å². The molecule has 34 heavy (non-hydrogen) atoms. The van der Waals surface area contributed by atoms with Crippen LogP contribution in [-0.4, -0.2) is 20.7 Å². The van der Waals surface area contributed by atoms with Crippen molar-refractivity contribution in [3.05, 3.63) is 105 Å². The minimum atomic E-state index is -0.628. The molecule has 0 saturated heterocycles. The average Bonchev–Trinajstić information content (AvgIpc) is 3.24. The molecule has 0 bridgehead atoms. The minimum absolute atomic E-state index is 0.268. The molecule has 0 saturated carbocycles. The van der Waals surface area contributed by atoms with Crippen LogP contribution in [0.4, 0.5) is 11.6 Å². The fourth-order valence-electron chi connectivity index (χ4n) is 4.12. The van der Waals surface area contributed by atoms with E-state index in [1.54, 1.807) is 10.7 Å². The Hall–Kier alpha value is -3.61. The van der Waals surface area contributed by atoms with Gasteiger partial charge >= 0.3 is 0 Å². The van der Waals surface area contributed by atoms with E-state index in [9.17, 15) is 4.79 Å². The SMILES string of the molecule is CC1=C(C(=O)Nc2ccccc2)C(c2cccc(Cl)c2Cl)n2nc(-c3ccccc3C)nc2N1. The van der Waals surface area contributed by atoms with E-state index >= 15 is 0 Å². The van der Waals surface area contributed by atoms with Gasteiger partial charge in [-0.05, 0) is 37.6 Å². The number of rotatable bonds is 4. The van der Waals surface area contributed by atoms with E-state index in [2.05, 4.69) is 10.6 Å². The zero-order valence-electron chi connectivity index (χ0n) is 18.5. The standard InChI is InChI=1S/C26H21Cl2N5O/c1-15-9-6-7-12-18(15)24-31-26-29-16(2)21(25(34)30-17-10-4-3-5-11-17)23(33(26)32-24)19-13-8-14-20(27)22(19)28/h3-14,23H,1-2H3,(H,30,34)(H,29,31,32). The highest BCUT2D eigenvalue weighted by Crippen LogP contribution is 2.41. The van der Waals surface area contributed by atoms with Crippen molar-refractivity contribution in [1.82, 2.24) is 14.8 Å². The molecule has 0 spiro atoms. The highest BCUT2D eigenvalue weighted by atomic mass is 35.5. The summed E-state index contributed by atoms with van der Waals surface area (Å²) in [4.78, 5) is 18.3. The summed E-state index contributed by atoms with van der Waals surface area (Å²) < 4.78 is 1.70. The van der Waals surface area contributed by atoms with Crippen molar-refractivity contribution in [2.24, 2.45) is 0 Å². The number of halogens is 2. The van der Waals surface area contributed by atoms with Gasteiger partial charge in [0, 0.05) is 22.5 Å². The van der Waals surface area contributed by atoms with Gasteiger partial charge in [-0.3, -0.25) is 4.79 Å². The fraction of sp³-hybridized carbons (Fsp3) is 0.115. The topological polar surface area (TPSA) is 71.8 Å². The Balaban J connectivity index is 1.66. The Bertz CT molecular complexity index is 1430. The monoisotopic (exact) mass is 489 g/mol. The summed E-state index contributed by atoms with van der Waals surface area (Å²) in [5.41, 5.74) is 4.45. The second-order valence-corrected chi connectivity index (χ2v) is 8.83. The zero-order valence-corrected chi connectivity index (χ0v) is 20.0. The number of benzene rings is 3. The quantitative estimate of drug-likeness (QED) is 0.343. The molecular formula is C26H21Cl2N5O. The predicted octanol–water partition coefficient (Wildman–Crippen LogP) is 6.49. The number of hydrogen-bond donors (Lipinski definition) is 2. The summed E-state index contributed by atoms with van der Waals surface area (Å²) >= 11 is 13.0. The van der Waals surface area contributed by atoms with Crippen molar-refractivity contribution < 1.29 is 4.79 Å². The minimum Gasteiger partial charge on any atom is -0.328 e. The van der Waals surface area contributed by atoms with Crippen molar-refractivity contribution in [3.8, 4) is 11.4 Å². The average molecular weight is 490 g/mol. The summed E-state index contributed by atoms with van der Waals surface area (Å²) in [6.07, 6.45) is 0. The zero-order chi connectivity index (χ0) is 23.8. The highest BCUT2D eigenvalue weighted by Gasteiger charge is 2.36. The Kier molecular flexibility index (Phi) is 5.86. The number of anilines is 2. The molecule has 6 nitrogen and oxygen atoms in total. The maximum Gasteiger partial charge on any atom is 0.255 e. The number of amides is 1. The molecule has 1 amide bonds. The van der Waals surface area contributed by atoms with Crippen molar-refractivity contribution in [2.45, 2.75) is 19.9 Å². The number of aromatic nitrogens is 3. The number of carbonyl (C=O) groups is 1. The molecule has 1 aliphatic rings. The first-order chi connectivity index (χ1) is 16.4. The third-order valence-corrected chi connectivity index (χ3v) is 6.62. The maximum atomic E-state index is 13.6. The number of carbonyl (C=O) groups excluding carboxylic acids is 1. The smallest absolute Gasteiger partial charge is 0.255 e. The second-order valence-electron chi connectivity index (χ2n) is 8.05. The highest BCUT2D eigenvalue weighted by molar-refractivity contribution is 6.42. The first kappa shape index (κ1) is 22.2. The van der Waals surface area contributed by atoms with Crippen LogP contribution in [0.25, 0.3) is 11.4 Å². The van der Waals surface area contributed by atoms with Gasteiger partial charge in [0.2, 0.25) is 5.95 Å². The summed E-state index contributed by atoms with van der Waals surface area (Å²) in [6, 6.07) is 22.0. The van der Waals surface area contributed by atoms with Gasteiger partial charge in [0.25, 0.3) is 5.91 Å². The van der Waals surface area contributed by atoms with Gasteiger partial charge < -0.3 is 10.6 Å². The Morgan fingerprint density at radius 2 is 1.71 bits per heavy atom. The number of nitrogens with one attached hydrogen (secondary N) is 2. The van der Waals surface area contributed by atoms with Crippen LogP contribution in [0.2, 0.25) is 10.0 Å². The lowest BCUT2D eigenvalue weighted by atomic mass is 9.95. The lowest BCUT2D eigenvalue weighted by Crippen LogP contribution is -2.31. The van der Waals surface area contributed by atoms with Gasteiger partial charge in [-0.2, -0.15) is 4.98 Å². The molecular weight excluding hydrogens is 469 g/mol. The van der Waals surface area contributed by atoms with E-state index in [0.29, 0.717) is 44.3 Å². The van der Waals surface area contributed by atoms with Crippen LogP contribution in [0.15, 0.2) is 84.1 Å². The number of nitrogens with zero attached hydrogens (tertiary/aromatic N) is 3. The molecule has 3 aromatic carbocycles. The molecule has 2 N–H and O–H groups in total. The van der Waals surface area contributed by atoms with E-state index < -0.39 is 6.04 Å². The van der Waals surface area contributed by atoms with Gasteiger partial charge in [0.15, 0.2) is 5.82 Å². The molecule has 1 aliphatic heterocycles. The first-order valence-electron chi connectivity index (χ1n) is 10.7. The normalized spacial score (nSPS) is 15.0. The van der Waals surface area contributed by atoms with E-state index in [-0.39, 0.29) is 5.91 Å².